The zero-order valence-corrected chi connectivity index (χ0v) is 42.5. The Balaban J connectivity index is 3.60. The van der Waals surface area contributed by atoms with E-state index in [9.17, 15) is 52.7 Å². The number of Topliss-reactive ketones (excluding diaryl/α,β-unsaturated/α-hetero) is 3. The van der Waals surface area contributed by atoms with Crippen molar-refractivity contribution < 1.29 is 52.7 Å². The maximum atomic E-state index is 14.6. The van der Waals surface area contributed by atoms with Crippen LogP contribution in [0.25, 0.3) is 0 Å². The van der Waals surface area contributed by atoms with E-state index in [0.717, 1.165) is 0 Å². The van der Waals surface area contributed by atoms with Crippen LogP contribution in [0.15, 0.2) is 15.0 Å². The van der Waals surface area contributed by atoms with Gasteiger partial charge in [-0.15, -0.1) is 0 Å². The predicted molar refractivity (Wildman–Crippen MR) is 273 cm³/mol. The third-order valence-electron chi connectivity index (χ3n) is 12.3. The number of carbonyl (C=O) groups is 11. The van der Waals surface area contributed by atoms with Gasteiger partial charge in [0.05, 0.1) is 18.1 Å². The molecule has 1 saturated heterocycles. The van der Waals surface area contributed by atoms with E-state index < -0.39 is 126 Å². The van der Waals surface area contributed by atoms with Crippen molar-refractivity contribution in [1.29, 1.82) is 0 Å². The summed E-state index contributed by atoms with van der Waals surface area (Å²) < 4.78 is 0. The number of aliphatic imine (C=N–C) groups is 3. The summed E-state index contributed by atoms with van der Waals surface area (Å²) in [5, 5.41) is 10.7. The molecule has 0 bridgehead atoms. The lowest BCUT2D eigenvalue weighted by Crippen LogP contribution is -2.56. The Hall–Kier alpha value is -7.46. The monoisotopic (exact) mass is 1050 g/mol. The molecule has 0 unspecified atom stereocenters. The van der Waals surface area contributed by atoms with Crippen molar-refractivity contribution in [3.05, 3.63) is 0 Å². The van der Waals surface area contributed by atoms with Crippen LogP contribution in [0.3, 0.4) is 0 Å². The molecule has 1 aliphatic heterocycles. The van der Waals surface area contributed by atoms with Gasteiger partial charge >= 0.3 is 0 Å². The fraction of sp³-hybridized carbons (Fsp3) is 0.689. The quantitative estimate of drug-likeness (QED) is 0.0155. The van der Waals surface area contributed by atoms with Gasteiger partial charge in [0.15, 0.2) is 29.4 Å². The van der Waals surface area contributed by atoms with Gasteiger partial charge in [-0.3, -0.25) is 67.7 Å². The topological polar surface area (TPSA) is 536 Å². The summed E-state index contributed by atoms with van der Waals surface area (Å²) >= 11 is 0. The number of likely N-dealkylation sites (tertiary alicyclic amines) is 1. The number of likely N-dealkylation sites (N-methyl/N-ethyl adjacent to an activating group) is 1. The Morgan fingerprint density at radius 1 is 0.514 bits per heavy atom. The van der Waals surface area contributed by atoms with E-state index in [1.807, 2.05) is 0 Å². The van der Waals surface area contributed by atoms with E-state index in [2.05, 4.69) is 36.2 Å². The summed E-state index contributed by atoms with van der Waals surface area (Å²) in [7, 11) is 1.56. The molecule has 1 fully saturated rings. The fourth-order valence-electron chi connectivity index (χ4n) is 8.07. The van der Waals surface area contributed by atoms with Crippen LogP contribution in [0.4, 0.5) is 0 Å². The van der Waals surface area contributed by atoms with Gasteiger partial charge in [0.25, 0.3) is 0 Å². The Labute approximate surface area is 430 Å². The molecule has 1 rings (SSSR count). The summed E-state index contributed by atoms with van der Waals surface area (Å²) in [6.45, 7) is 1.83. The highest BCUT2D eigenvalue weighted by Gasteiger charge is 2.40. The molecule has 0 aliphatic carbocycles. The number of amides is 8. The molecule has 1 heterocycles. The van der Waals surface area contributed by atoms with Crippen molar-refractivity contribution in [2.24, 2.45) is 90.1 Å². The number of carbonyl (C=O) groups excluding carboxylic acids is 11. The lowest BCUT2D eigenvalue weighted by molar-refractivity contribution is -0.144. The van der Waals surface area contributed by atoms with Crippen LogP contribution < -0.4 is 78.6 Å². The van der Waals surface area contributed by atoms with Gasteiger partial charge in [0, 0.05) is 82.5 Å². The van der Waals surface area contributed by atoms with Crippen LogP contribution in [0.2, 0.25) is 0 Å². The SMILES string of the molecule is CN[C@@H](C)C(=O)C[C@@H](CCC(N)=O)C(=O)N[C@@H](CCCN=C(N)N)C(=O)C[C@@H](CCCN=C(N)N)C(=O)N1CCC[C@H]1C(=O)N[C@@H](CCC(N)=O)C(=O)N[C@@H](CCCN=C(N)N)C(=O)C[C@@H](CCC(N)=O)C(N)=O. The van der Waals surface area contributed by atoms with E-state index in [-0.39, 0.29) is 133 Å². The highest BCUT2D eigenvalue weighted by atomic mass is 16.2. The van der Waals surface area contributed by atoms with Crippen molar-refractivity contribution in [2.45, 2.75) is 146 Å². The number of hydrogen-bond acceptors (Lipinski definition) is 15. The molecule has 0 aromatic rings. The van der Waals surface area contributed by atoms with E-state index in [1.54, 1.807) is 14.0 Å². The molecule has 0 spiro atoms. The summed E-state index contributed by atoms with van der Waals surface area (Å²) in [6, 6.07) is -5.86. The minimum Gasteiger partial charge on any atom is -0.370 e. The molecular weight excluding hydrogens is 969 g/mol. The van der Waals surface area contributed by atoms with E-state index in [4.69, 9.17) is 57.3 Å². The van der Waals surface area contributed by atoms with Gasteiger partial charge in [-0.05, 0) is 84.6 Å². The Bertz CT molecular complexity index is 2060. The molecular formula is C45H80N18O11. The minimum atomic E-state index is -1.49. The van der Waals surface area contributed by atoms with Gasteiger partial charge in [0.1, 0.15) is 17.9 Å². The number of nitrogens with zero attached hydrogens (tertiary/aromatic N) is 4. The van der Waals surface area contributed by atoms with Gasteiger partial charge in [-0.2, -0.15) is 0 Å². The number of rotatable bonds is 39. The summed E-state index contributed by atoms with van der Waals surface area (Å²) in [5.74, 6) is -11.7. The molecule has 0 radical (unpaired) electrons. The number of nitrogens with two attached hydrogens (primary N) is 10. The third kappa shape index (κ3) is 25.8. The van der Waals surface area contributed by atoms with Crippen molar-refractivity contribution in [2.75, 3.05) is 33.2 Å². The molecule has 29 heteroatoms. The number of guanidine groups is 3. The lowest BCUT2D eigenvalue weighted by Gasteiger charge is -2.30. The fourth-order valence-corrected chi connectivity index (χ4v) is 8.07. The summed E-state index contributed by atoms with van der Waals surface area (Å²) in [5.41, 5.74) is 54.5. The second kappa shape index (κ2) is 34.1. The first-order chi connectivity index (χ1) is 34.8. The van der Waals surface area contributed by atoms with Crippen molar-refractivity contribution in [3.63, 3.8) is 0 Å². The van der Waals surface area contributed by atoms with Crippen molar-refractivity contribution >= 4 is 82.5 Å². The first-order valence-electron chi connectivity index (χ1n) is 24.5. The maximum Gasteiger partial charge on any atom is 0.243 e. The van der Waals surface area contributed by atoms with E-state index >= 15 is 0 Å². The number of hydrogen-bond donors (Lipinski definition) is 14. The average molecular weight is 1050 g/mol. The van der Waals surface area contributed by atoms with Crippen LogP contribution >= 0.6 is 0 Å². The normalized spacial score (nSPS) is 15.8. The maximum absolute atomic E-state index is 14.6. The summed E-state index contributed by atoms with van der Waals surface area (Å²) in [4.78, 5) is 158. The molecule has 8 atom stereocenters. The zero-order valence-electron chi connectivity index (χ0n) is 42.5. The first-order valence-corrected chi connectivity index (χ1v) is 24.5. The molecule has 0 aromatic heterocycles. The Morgan fingerprint density at radius 3 is 1.41 bits per heavy atom. The second-order valence-electron chi connectivity index (χ2n) is 18.2. The smallest absolute Gasteiger partial charge is 0.243 e. The van der Waals surface area contributed by atoms with Crippen LogP contribution in [-0.2, 0) is 52.7 Å². The molecule has 24 N–H and O–H groups in total. The molecule has 0 aromatic carbocycles. The number of nitrogens with one attached hydrogen (secondary N) is 4. The molecule has 29 nitrogen and oxygen atoms in total. The van der Waals surface area contributed by atoms with Crippen LogP contribution in [-0.4, -0.2) is 151 Å². The third-order valence-corrected chi connectivity index (χ3v) is 12.3. The molecule has 416 valence electrons. The largest absolute Gasteiger partial charge is 0.370 e. The van der Waals surface area contributed by atoms with Gasteiger partial charge in [-0.25, -0.2) is 0 Å². The Morgan fingerprint density at radius 2 is 0.946 bits per heavy atom. The van der Waals surface area contributed by atoms with Gasteiger partial charge in [-0.1, -0.05) is 0 Å². The number of ketones is 3. The lowest BCUT2D eigenvalue weighted by atomic mass is 9.89. The van der Waals surface area contributed by atoms with E-state index in [1.165, 1.54) is 4.90 Å². The predicted octanol–water partition coefficient (Wildman–Crippen LogP) is -5.79. The van der Waals surface area contributed by atoms with Crippen molar-refractivity contribution in [3.8, 4) is 0 Å². The molecule has 0 saturated carbocycles. The standard InChI is InChI=1S/C45H80N18O11/c1-24(56-2)32(64)22-26(12-15-36(47)68)39(71)60-28(8-4-18-58-44(52)53)34(66)23-27(7-3-17-57-43(50)51)42(74)63-20-6-10-31(63)41(73)62-30(13-16-37(48)69)40(72)61-29(9-5-19-59-45(54)55)33(65)21-25(38(49)70)11-14-35(46)67/h24-31,56H,3-23H2,1-2H3,(H2,46,67)(H2,47,68)(H2,48,69)(H2,49,70)(H,60,71)(H,61,72)(H,62,73)(H4,50,51,57)(H4,52,53,58)(H4,54,55,59)/t24-,25+,26+,27+,28-,29-,30-,31-/m0/s1. The van der Waals surface area contributed by atoms with Crippen LogP contribution in [0.5, 0.6) is 0 Å². The van der Waals surface area contributed by atoms with E-state index in [0.29, 0.717) is 6.42 Å². The minimum absolute atomic E-state index is 0.00703. The zero-order chi connectivity index (χ0) is 56.1. The van der Waals surface area contributed by atoms with Gasteiger partial charge < -0.3 is 83.5 Å². The summed E-state index contributed by atoms with van der Waals surface area (Å²) in [6.07, 6.45) is -1.71. The Kier molecular flexibility index (Phi) is 29.7. The second-order valence-corrected chi connectivity index (χ2v) is 18.2. The number of primary amides is 4. The van der Waals surface area contributed by atoms with Crippen LogP contribution in [0, 0.1) is 17.8 Å². The molecule has 1 aliphatic rings. The van der Waals surface area contributed by atoms with Crippen molar-refractivity contribution in [1.82, 2.24) is 26.2 Å². The first kappa shape index (κ1) is 64.6. The van der Waals surface area contributed by atoms with Gasteiger partial charge in [0.2, 0.25) is 47.3 Å². The molecule has 8 amide bonds. The highest BCUT2D eigenvalue weighted by molar-refractivity contribution is 5.98. The molecule has 74 heavy (non-hydrogen) atoms. The highest BCUT2D eigenvalue weighted by Crippen LogP contribution is 2.26. The average Bonchev–Trinajstić information content (AvgIpc) is 3.82. The van der Waals surface area contributed by atoms with Crippen LogP contribution in [0.1, 0.15) is 116 Å².